The average molecular weight is 251 g/mol. The first-order chi connectivity index (χ1) is 8.03. The summed E-state index contributed by atoms with van der Waals surface area (Å²) < 4.78 is 0. The zero-order chi connectivity index (χ0) is 12.5. The fourth-order valence-electron chi connectivity index (χ4n) is 2.83. The van der Waals surface area contributed by atoms with E-state index in [2.05, 4.69) is 50.5 Å². The van der Waals surface area contributed by atoms with E-state index in [1.54, 1.807) is 4.88 Å². The van der Waals surface area contributed by atoms with E-state index < -0.39 is 0 Å². The summed E-state index contributed by atoms with van der Waals surface area (Å²) in [7, 11) is 0. The number of rotatable bonds is 5. The van der Waals surface area contributed by atoms with Gasteiger partial charge in [0, 0.05) is 22.9 Å². The van der Waals surface area contributed by atoms with E-state index in [0.29, 0.717) is 11.5 Å². The molecule has 17 heavy (non-hydrogen) atoms. The van der Waals surface area contributed by atoms with E-state index in [1.807, 2.05) is 11.3 Å². The molecule has 0 aromatic carbocycles. The van der Waals surface area contributed by atoms with Crippen molar-refractivity contribution in [1.82, 2.24) is 5.32 Å². The van der Waals surface area contributed by atoms with Crippen LogP contribution in [0.5, 0.6) is 0 Å². The minimum Gasteiger partial charge on any atom is -0.314 e. The number of nitrogens with one attached hydrogen (secondary N) is 1. The van der Waals surface area contributed by atoms with E-state index in [-0.39, 0.29) is 0 Å². The highest BCUT2D eigenvalue weighted by Gasteiger charge is 2.46. The molecule has 0 unspecified atom stereocenters. The van der Waals surface area contributed by atoms with Gasteiger partial charge >= 0.3 is 0 Å². The summed E-state index contributed by atoms with van der Waals surface area (Å²) in [6, 6.07) is 5.10. The van der Waals surface area contributed by atoms with Gasteiger partial charge in [0.25, 0.3) is 0 Å². The van der Waals surface area contributed by atoms with Crippen LogP contribution in [0.4, 0.5) is 0 Å². The van der Waals surface area contributed by atoms with Crippen LogP contribution in [0, 0.1) is 11.8 Å². The zero-order valence-corrected chi connectivity index (χ0v) is 12.3. The molecule has 0 amide bonds. The molecule has 1 nitrogen and oxygen atoms in total. The summed E-state index contributed by atoms with van der Waals surface area (Å²) in [5.41, 5.74) is 0.438. The van der Waals surface area contributed by atoms with Crippen LogP contribution in [0.25, 0.3) is 0 Å². The molecule has 0 aliphatic heterocycles. The molecular formula is C15H25NS. The molecule has 0 saturated heterocycles. The van der Waals surface area contributed by atoms with Crippen molar-refractivity contribution >= 4 is 11.3 Å². The minimum atomic E-state index is 0.438. The SMILES string of the molecule is CC(C)NCC1(c2cccs2)CC(C(C)C)C1. The number of hydrogen-bond acceptors (Lipinski definition) is 2. The Morgan fingerprint density at radius 2 is 2.06 bits per heavy atom. The van der Waals surface area contributed by atoms with Crippen molar-refractivity contribution < 1.29 is 0 Å². The molecule has 0 spiro atoms. The molecule has 0 bridgehead atoms. The average Bonchev–Trinajstić information content (AvgIpc) is 2.68. The van der Waals surface area contributed by atoms with E-state index in [1.165, 1.54) is 12.8 Å². The Kier molecular flexibility index (Phi) is 3.94. The van der Waals surface area contributed by atoms with Crippen molar-refractivity contribution in [3.05, 3.63) is 22.4 Å². The highest BCUT2D eigenvalue weighted by molar-refractivity contribution is 7.10. The third-order valence-electron chi connectivity index (χ3n) is 4.14. The van der Waals surface area contributed by atoms with Gasteiger partial charge in [0.2, 0.25) is 0 Å². The van der Waals surface area contributed by atoms with Crippen molar-refractivity contribution in [3.8, 4) is 0 Å². The first-order valence-corrected chi connectivity index (χ1v) is 7.69. The largest absolute Gasteiger partial charge is 0.314 e. The molecule has 2 rings (SSSR count). The van der Waals surface area contributed by atoms with Gasteiger partial charge in [-0.1, -0.05) is 33.8 Å². The molecule has 0 radical (unpaired) electrons. The second kappa shape index (κ2) is 5.11. The molecule has 96 valence electrons. The lowest BCUT2D eigenvalue weighted by molar-refractivity contribution is 0.0988. The maximum Gasteiger partial charge on any atom is 0.0177 e. The van der Waals surface area contributed by atoms with Crippen molar-refractivity contribution in [3.63, 3.8) is 0 Å². The van der Waals surface area contributed by atoms with Crippen molar-refractivity contribution in [2.75, 3.05) is 6.54 Å². The summed E-state index contributed by atoms with van der Waals surface area (Å²) in [4.78, 5) is 1.59. The first kappa shape index (κ1) is 13.1. The highest BCUT2D eigenvalue weighted by Crippen LogP contribution is 2.51. The molecule has 0 atom stereocenters. The molecule has 1 aromatic rings. The number of hydrogen-bond donors (Lipinski definition) is 1. The Balaban J connectivity index is 2.05. The number of thiophene rings is 1. The Labute approximate surface area is 110 Å². The van der Waals surface area contributed by atoms with Gasteiger partial charge in [0.1, 0.15) is 0 Å². The molecule has 1 saturated carbocycles. The van der Waals surface area contributed by atoms with Crippen molar-refractivity contribution in [2.24, 2.45) is 11.8 Å². The topological polar surface area (TPSA) is 12.0 Å². The van der Waals surface area contributed by atoms with Gasteiger partial charge < -0.3 is 5.32 Å². The van der Waals surface area contributed by atoms with Gasteiger partial charge in [0.05, 0.1) is 0 Å². The lowest BCUT2D eigenvalue weighted by Crippen LogP contribution is -2.50. The van der Waals surface area contributed by atoms with Crippen LogP contribution < -0.4 is 5.32 Å². The monoisotopic (exact) mass is 251 g/mol. The predicted molar refractivity (Wildman–Crippen MR) is 76.7 cm³/mol. The van der Waals surface area contributed by atoms with Crippen LogP contribution in [-0.4, -0.2) is 12.6 Å². The quantitative estimate of drug-likeness (QED) is 0.832. The highest BCUT2D eigenvalue weighted by atomic mass is 32.1. The first-order valence-electron chi connectivity index (χ1n) is 6.81. The lowest BCUT2D eigenvalue weighted by Gasteiger charge is -2.50. The second-order valence-electron chi connectivity index (χ2n) is 6.21. The minimum absolute atomic E-state index is 0.438. The van der Waals surface area contributed by atoms with E-state index >= 15 is 0 Å². The van der Waals surface area contributed by atoms with Gasteiger partial charge in [-0.05, 0) is 36.1 Å². The van der Waals surface area contributed by atoms with Crippen LogP contribution in [0.1, 0.15) is 45.4 Å². The maximum absolute atomic E-state index is 3.64. The summed E-state index contributed by atoms with van der Waals surface area (Å²) in [5, 5.41) is 5.86. The van der Waals surface area contributed by atoms with Gasteiger partial charge in [0.15, 0.2) is 0 Å². The molecular weight excluding hydrogens is 226 g/mol. The van der Waals surface area contributed by atoms with Crippen LogP contribution in [-0.2, 0) is 5.41 Å². The van der Waals surface area contributed by atoms with Gasteiger partial charge in [-0.15, -0.1) is 11.3 Å². The fraction of sp³-hybridized carbons (Fsp3) is 0.733. The molecule has 1 aromatic heterocycles. The summed E-state index contributed by atoms with van der Waals surface area (Å²) in [6.07, 6.45) is 2.73. The summed E-state index contributed by atoms with van der Waals surface area (Å²) >= 11 is 1.93. The van der Waals surface area contributed by atoms with Crippen LogP contribution >= 0.6 is 11.3 Å². The lowest BCUT2D eigenvalue weighted by atomic mass is 9.58. The summed E-state index contributed by atoms with van der Waals surface area (Å²) in [5.74, 6) is 1.76. The predicted octanol–water partition coefficient (Wildman–Crippen LogP) is 4.05. The van der Waals surface area contributed by atoms with Gasteiger partial charge in [-0.25, -0.2) is 0 Å². The maximum atomic E-state index is 3.64. The van der Waals surface area contributed by atoms with Crippen molar-refractivity contribution in [2.45, 2.75) is 52.0 Å². The standard InChI is InChI=1S/C15H25NS/c1-11(2)13-8-15(9-13,10-16-12(3)4)14-6-5-7-17-14/h5-7,11-13,16H,8-10H2,1-4H3. The Morgan fingerprint density at radius 1 is 1.35 bits per heavy atom. The molecule has 1 N–H and O–H groups in total. The molecule has 1 aliphatic carbocycles. The molecule has 1 heterocycles. The van der Waals surface area contributed by atoms with Gasteiger partial charge in [-0.3, -0.25) is 0 Å². The third kappa shape index (κ3) is 2.74. The Morgan fingerprint density at radius 3 is 2.53 bits per heavy atom. The second-order valence-corrected chi connectivity index (χ2v) is 7.15. The van der Waals surface area contributed by atoms with Crippen molar-refractivity contribution in [1.29, 1.82) is 0 Å². The van der Waals surface area contributed by atoms with Crippen LogP contribution in [0.15, 0.2) is 17.5 Å². The zero-order valence-electron chi connectivity index (χ0n) is 11.5. The van der Waals surface area contributed by atoms with E-state index in [0.717, 1.165) is 18.4 Å². The molecule has 1 aliphatic rings. The van der Waals surface area contributed by atoms with Crippen LogP contribution in [0.3, 0.4) is 0 Å². The Bertz CT molecular complexity index is 328. The van der Waals surface area contributed by atoms with Gasteiger partial charge in [-0.2, -0.15) is 0 Å². The fourth-order valence-corrected chi connectivity index (χ4v) is 3.78. The third-order valence-corrected chi connectivity index (χ3v) is 5.26. The summed E-state index contributed by atoms with van der Waals surface area (Å²) in [6.45, 7) is 10.3. The molecule has 2 heteroatoms. The van der Waals surface area contributed by atoms with Crippen LogP contribution in [0.2, 0.25) is 0 Å². The normalized spacial score (nSPS) is 28.7. The van der Waals surface area contributed by atoms with E-state index in [9.17, 15) is 0 Å². The van der Waals surface area contributed by atoms with E-state index in [4.69, 9.17) is 0 Å². The molecule has 1 fully saturated rings. The smallest absolute Gasteiger partial charge is 0.0177 e. The Hall–Kier alpha value is -0.340.